The average Bonchev–Trinajstić information content (AvgIpc) is 2.52. The maximum absolute atomic E-state index is 10.6. The minimum absolute atomic E-state index is 0.445. The molecule has 13 heavy (non-hydrogen) atoms. The lowest BCUT2D eigenvalue weighted by molar-refractivity contribution is -0.126. The van der Waals surface area contributed by atoms with E-state index >= 15 is 0 Å². The van der Waals surface area contributed by atoms with Crippen molar-refractivity contribution in [3.05, 3.63) is 18.0 Å². The van der Waals surface area contributed by atoms with Crippen LogP contribution in [0.25, 0.3) is 0 Å². The Bertz CT molecular complexity index is 295. The molecule has 0 radical (unpaired) electrons. The zero-order valence-corrected chi connectivity index (χ0v) is 7.47. The maximum atomic E-state index is 10.6. The Balaban J connectivity index is 2.73. The summed E-state index contributed by atoms with van der Waals surface area (Å²) in [5, 5.41) is 13.2. The molecule has 0 saturated heterocycles. The fraction of sp³-hybridized carbons (Fsp3) is 0.500. The van der Waals surface area contributed by atoms with Crippen molar-refractivity contribution in [2.45, 2.75) is 26.0 Å². The highest BCUT2D eigenvalue weighted by Gasteiger charge is 2.15. The first-order chi connectivity index (χ1) is 6.15. The lowest BCUT2D eigenvalue weighted by atomic mass is 10.2. The molecule has 1 atom stereocenters. The number of nitrogens with zero attached hydrogens (tertiary/aromatic N) is 2. The number of nitrogens with two attached hydrogens (primary N) is 1. The summed E-state index contributed by atoms with van der Waals surface area (Å²) >= 11 is 0. The van der Waals surface area contributed by atoms with Crippen LogP contribution in [0.4, 0.5) is 0 Å². The van der Waals surface area contributed by atoms with Crippen LogP contribution in [0.1, 0.15) is 25.0 Å². The first-order valence-electron chi connectivity index (χ1n) is 4.15. The lowest BCUT2D eigenvalue weighted by Gasteiger charge is -2.01. The zero-order valence-electron chi connectivity index (χ0n) is 7.47. The Kier molecular flexibility index (Phi) is 3.02. The van der Waals surface area contributed by atoms with Gasteiger partial charge in [0, 0.05) is 18.3 Å². The fourth-order valence-corrected chi connectivity index (χ4v) is 1.04. The molecule has 1 rings (SSSR count). The minimum Gasteiger partial charge on any atom is -0.378 e. The Morgan fingerprint density at radius 3 is 3.08 bits per heavy atom. The Hall–Kier alpha value is -1.36. The summed E-state index contributed by atoms with van der Waals surface area (Å²) in [6.45, 7) is 2.79. The standard InChI is InChI=1S/C8H13N3O2/c1-2-3-11-5-6(4-10-11)7(12)8(9)13/h4-5,7,12H,2-3H2,1H3,(H2,9,13). The van der Waals surface area contributed by atoms with Crippen LogP contribution in [0.5, 0.6) is 0 Å². The molecule has 72 valence electrons. The van der Waals surface area contributed by atoms with Crippen LogP contribution in [0.3, 0.4) is 0 Å². The van der Waals surface area contributed by atoms with E-state index in [0.717, 1.165) is 13.0 Å². The first kappa shape index (κ1) is 9.73. The molecule has 1 aromatic heterocycles. The number of hydrogen-bond donors (Lipinski definition) is 2. The molecule has 0 aliphatic heterocycles. The molecule has 1 heterocycles. The Morgan fingerprint density at radius 2 is 2.54 bits per heavy atom. The van der Waals surface area contributed by atoms with Crippen LogP contribution in [0.2, 0.25) is 0 Å². The van der Waals surface area contributed by atoms with Crippen molar-refractivity contribution in [1.82, 2.24) is 9.78 Å². The number of rotatable bonds is 4. The largest absolute Gasteiger partial charge is 0.378 e. The molecular weight excluding hydrogens is 170 g/mol. The molecule has 5 heteroatoms. The van der Waals surface area contributed by atoms with Gasteiger partial charge in [0.2, 0.25) is 0 Å². The lowest BCUT2D eigenvalue weighted by Crippen LogP contribution is -2.20. The summed E-state index contributed by atoms with van der Waals surface area (Å²) in [7, 11) is 0. The second kappa shape index (κ2) is 4.04. The third-order valence-electron chi connectivity index (χ3n) is 1.69. The monoisotopic (exact) mass is 183 g/mol. The number of aromatic nitrogens is 2. The van der Waals surface area contributed by atoms with Crippen LogP contribution in [0, 0.1) is 0 Å². The number of amides is 1. The molecule has 1 amide bonds. The summed E-state index contributed by atoms with van der Waals surface area (Å²) in [6, 6.07) is 0. The molecule has 5 nitrogen and oxygen atoms in total. The predicted molar refractivity (Wildman–Crippen MR) is 46.7 cm³/mol. The second-order valence-electron chi connectivity index (χ2n) is 2.84. The zero-order chi connectivity index (χ0) is 9.84. The summed E-state index contributed by atoms with van der Waals surface area (Å²) in [5.41, 5.74) is 5.37. The maximum Gasteiger partial charge on any atom is 0.251 e. The number of carbonyl (C=O) groups is 1. The van der Waals surface area contributed by atoms with Crippen LogP contribution in [0.15, 0.2) is 12.4 Å². The molecule has 0 bridgehead atoms. The molecule has 0 aliphatic carbocycles. The number of aryl methyl sites for hydroxylation is 1. The van der Waals surface area contributed by atoms with Gasteiger partial charge in [0.15, 0.2) is 6.10 Å². The van der Waals surface area contributed by atoms with E-state index < -0.39 is 12.0 Å². The third-order valence-corrected chi connectivity index (χ3v) is 1.69. The van der Waals surface area contributed by atoms with Gasteiger partial charge >= 0.3 is 0 Å². The smallest absolute Gasteiger partial charge is 0.251 e. The summed E-state index contributed by atoms with van der Waals surface area (Å²) in [4.78, 5) is 10.6. The summed E-state index contributed by atoms with van der Waals surface area (Å²) in [5.74, 6) is -0.754. The number of aliphatic hydroxyl groups is 1. The van der Waals surface area contributed by atoms with Crippen molar-refractivity contribution in [3.8, 4) is 0 Å². The van der Waals surface area contributed by atoms with Crippen molar-refractivity contribution in [2.24, 2.45) is 5.73 Å². The van der Waals surface area contributed by atoms with Crippen molar-refractivity contribution in [3.63, 3.8) is 0 Å². The van der Waals surface area contributed by atoms with Gasteiger partial charge in [-0.15, -0.1) is 0 Å². The quantitative estimate of drug-likeness (QED) is 0.679. The number of hydrogen-bond acceptors (Lipinski definition) is 3. The van der Waals surface area contributed by atoms with E-state index in [-0.39, 0.29) is 0 Å². The van der Waals surface area contributed by atoms with Gasteiger partial charge in [-0.1, -0.05) is 6.92 Å². The van der Waals surface area contributed by atoms with Crippen LogP contribution in [-0.2, 0) is 11.3 Å². The highest BCUT2D eigenvalue weighted by atomic mass is 16.3. The molecule has 0 fully saturated rings. The fourth-order valence-electron chi connectivity index (χ4n) is 1.04. The molecule has 3 N–H and O–H groups in total. The van der Waals surface area contributed by atoms with Gasteiger partial charge in [0.25, 0.3) is 5.91 Å². The van der Waals surface area contributed by atoms with E-state index in [2.05, 4.69) is 5.10 Å². The van der Waals surface area contributed by atoms with E-state index in [1.807, 2.05) is 6.92 Å². The van der Waals surface area contributed by atoms with Gasteiger partial charge in [-0.2, -0.15) is 5.10 Å². The van der Waals surface area contributed by atoms with E-state index in [4.69, 9.17) is 5.73 Å². The van der Waals surface area contributed by atoms with Gasteiger partial charge in [0.1, 0.15) is 0 Å². The number of carbonyl (C=O) groups excluding carboxylic acids is 1. The highest BCUT2D eigenvalue weighted by Crippen LogP contribution is 2.10. The van der Waals surface area contributed by atoms with E-state index in [1.165, 1.54) is 6.20 Å². The SMILES string of the molecule is CCCn1cc(C(O)C(N)=O)cn1. The molecular formula is C8H13N3O2. The van der Waals surface area contributed by atoms with E-state index in [0.29, 0.717) is 5.56 Å². The highest BCUT2D eigenvalue weighted by molar-refractivity contribution is 5.79. The summed E-state index contributed by atoms with van der Waals surface area (Å²) < 4.78 is 1.67. The third kappa shape index (κ3) is 2.29. The predicted octanol–water partition coefficient (Wildman–Crippen LogP) is -0.188. The van der Waals surface area contributed by atoms with Crippen LogP contribution >= 0.6 is 0 Å². The number of primary amides is 1. The first-order valence-corrected chi connectivity index (χ1v) is 4.15. The van der Waals surface area contributed by atoms with E-state index in [1.54, 1.807) is 10.9 Å². The molecule has 0 aromatic carbocycles. The van der Waals surface area contributed by atoms with Gasteiger partial charge in [-0.25, -0.2) is 0 Å². The van der Waals surface area contributed by atoms with Crippen LogP contribution < -0.4 is 5.73 Å². The van der Waals surface area contributed by atoms with Crippen molar-refractivity contribution < 1.29 is 9.90 Å². The van der Waals surface area contributed by atoms with Crippen molar-refractivity contribution in [2.75, 3.05) is 0 Å². The average molecular weight is 183 g/mol. The molecule has 1 aromatic rings. The van der Waals surface area contributed by atoms with Gasteiger partial charge in [0.05, 0.1) is 6.20 Å². The molecule has 1 unspecified atom stereocenters. The summed E-state index contributed by atoms with van der Waals surface area (Å²) in [6.07, 6.45) is 2.78. The van der Waals surface area contributed by atoms with Crippen molar-refractivity contribution >= 4 is 5.91 Å². The molecule has 0 saturated carbocycles. The Morgan fingerprint density at radius 1 is 1.85 bits per heavy atom. The minimum atomic E-state index is -1.24. The second-order valence-corrected chi connectivity index (χ2v) is 2.84. The van der Waals surface area contributed by atoms with Crippen LogP contribution in [-0.4, -0.2) is 20.8 Å². The molecule has 0 spiro atoms. The topological polar surface area (TPSA) is 81.1 Å². The molecule has 0 aliphatic rings. The van der Waals surface area contributed by atoms with Gasteiger partial charge < -0.3 is 10.8 Å². The van der Waals surface area contributed by atoms with Gasteiger partial charge in [-0.05, 0) is 6.42 Å². The van der Waals surface area contributed by atoms with Gasteiger partial charge in [-0.3, -0.25) is 9.48 Å². The van der Waals surface area contributed by atoms with E-state index in [9.17, 15) is 9.90 Å². The number of aliphatic hydroxyl groups excluding tert-OH is 1. The Labute approximate surface area is 76.2 Å². The normalized spacial score (nSPS) is 12.8. The van der Waals surface area contributed by atoms with Crippen molar-refractivity contribution in [1.29, 1.82) is 0 Å².